The molecule has 1 heterocycles. The summed E-state index contributed by atoms with van der Waals surface area (Å²) >= 11 is 11.9. The van der Waals surface area contributed by atoms with Crippen LogP contribution in [0.1, 0.15) is 33.1 Å². The molecule has 3 atom stereocenters. The normalized spacial score (nSPS) is 38.1. The Hall–Kier alpha value is 0.01000. The van der Waals surface area contributed by atoms with Gasteiger partial charge in [0.1, 0.15) is 4.33 Å². The summed E-state index contributed by atoms with van der Waals surface area (Å²) in [6, 6.07) is 0.0246. The molecule has 1 saturated carbocycles. The molecule has 2 rings (SSSR count). The Bertz CT molecular complexity index is 302. The van der Waals surface area contributed by atoms with Crippen molar-refractivity contribution in [2.75, 3.05) is 6.61 Å². The average Bonchev–Trinajstić information content (AvgIpc) is 2.63. The largest absolute Gasteiger partial charge is 0.376 e. The van der Waals surface area contributed by atoms with E-state index in [1.165, 1.54) is 0 Å². The highest BCUT2D eigenvalue weighted by Crippen LogP contribution is 2.63. The van der Waals surface area contributed by atoms with Gasteiger partial charge in [0.2, 0.25) is 5.91 Å². The van der Waals surface area contributed by atoms with Gasteiger partial charge in [0.05, 0.1) is 17.6 Å². The molecule has 0 aromatic heterocycles. The number of halogens is 2. The molecule has 1 aliphatic carbocycles. The summed E-state index contributed by atoms with van der Waals surface area (Å²) in [5.74, 6) is -0.0690. The van der Waals surface area contributed by atoms with E-state index in [1.807, 2.05) is 6.92 Å². The van der Waals surface area contributed by atoms with E-state index in [1.54, 1.807) is 6.92 Å². The van der Waals surface area contributed by atoms with Crippen LogP contribution < -0.4 is 5.32 Å². The van der Waals surface area contributed by atoms with E-state index < -0.39 is 9.75 Å². The molecule has 5 heteroatoms. The van der Waals surface area contributed by atoms with Gasteiger partial charge in [-0.05, 0) is 33.1 Å². The quantitative estimate of drug-likeness (QED) is 0.796. The minimum Gasteiger partial charge on any atom is -0.376 e. The fourth-order valence-corrected chi connectivity index (χ4v) is 2.81. The van der Waals surface area contributed by atoms with Crippen LogP contribution in [0, 0.1) is 5.41 Å². The van der Waals surface area contributed by atoms with Gasteiger partial charge in [0, 0.05) is 6.61 Å². The van der Waals surface area contributed by atoms with Crippen molar-refractivity contribution in [2.24, 2.45) is 5.41 Å². The number of hydrogen-bond donors (Lipinski definition) is 1. The van der Waals surface area contributed by atoms with Crippen LogP contribution in [-0.2, 0) is 9.53 Å². The smallest absolute Gasteiger partial charge is 0.229 e. The van der Waals surface area contributed by atoms with E-state index in [0.717, 1.165) is 19.4 Å². The van der Waals surface area contributed by atoms with Gasteiger partial charge in [0.15, 0.2) is 0 Å². The molecule has 92 valence electrons. The van der Waals surface area contributed by atoms with E-state index in [-0.39, 0.29) is 18.1 Å². The summed E-state index contributed by atoms with van der Waals surface area (Å²) in [5.41, 5.74) is -0.636. The molecular weight excluding hydrogens is 249 g/mol. The number of carbonyl (C=O) groups excluding carboxylic acids is 1. The zero-order valence-electron chi connectivity index (χ0n) is 9.56. The van der Waals surface area contributed by atoms with Crippen molar-refractivity contribution >= 4 is 29.1 Å². The van der Waals surface area contributed by atoms with Crippen LogP contribution in [0.4, 0.5) is 0 Å². The van der Waals surface area contributed by atoms with Crippen LogP contribution in [0.15, 0.2) is 0 Å². The van der Waals surface area contributed by atoms with Gasteiger partial charge in [-0.3, -0.25) is 4.79 Å². The zero-order valence-corrected chi connectivity index (χ0v) is 11.1. The number of nitrogens with one attached hydrogen (secondary N) is 1. The van der Waals surface area contributed by atoms with Crippen LogP contribution in [0.2, 0.25) is 0 Å². The first-order valence-corrected chi connectivity index (χ1v) is 6.43. The third-order valence-corrected chi connectivity index (χ3v) is 4.74. The summed E-state index contributed by atoms with van der Waals surface area (Å²) in [6.07, 6.45) is 2.72. The highest BCUT2D eigenvalue weighted by Gasteiger charge is 2.68. The minimum absolute atomic E-state index is 0.0246. The van der Waals surface area contributed by atoms with Crippen LogP contribution in [0.3, 0.4) is 0 Å². The number of amides is 1. The van der Waals surface area contributed by atoms with Crippen molar-refractivity contribution in [3.63, 3.8) is 0 Å². The predicted molar refractivity (Wildman–Crippen MR) is 63.7 cm³/mol. The van der Waals surface area contributed by atoms with Gasteiger partial charge in [-0.2, -0.15) is 0 Å². The maximum Gasteiger partial charge on any atom is 0.229 e. The fraction of sp³-hybridized carbons (Fsp3) is 0.909. The molecule has 3 nitrogen and oxygen atoms in total. The molecule has 1 aliphatic heterocycles. The summed E-state index contributed by atoms with van der Waals surface area (Å²) < 4.78 is 4.62. The number of alkyl halides is 2. The van der Waals surface area contributed by atoms with E-state index in [2.05, 4.69) is 5.32 Å². The van der Waals surface area contributed by atoms with Gasteiger partial charge in [-0.25, -0.2) is 0 Å². The zero-order chi connectivity index (χ0) is 12.0. The van der Waals surface area contributed by atoms with Crippen molar-refractivity contribution in [1.82, 2.24) is 5.32 Å². The van der Waals surface area contributed by atoms with Crippen molar-refractivity contribution in [3.05, 3.63) is 0 Å². The number of carbonyl (C=O) groups is 1. The summed E-state index contributed by atoms with van der Waals surface area (Å²) in [4.78, 5) is 12.0. The summed E-state index contributed by atoms with van der Waals surface area (Å²) in [5, 5.41) is 2.95. The Kier molecular flexibility index (Phi) is 3.15. The highest BCUT2D eigenvalue weighted by molar-refractivity contribution is 6.53. The average molecular weight is 266 g/mol. The second kappa shape index (κ2) is 4.04. The molecule has 1 saturated heterocycles. The predicted octanol–water partition coefficient (Wildman–Crippen LogP) is 2.25. The molecule has 0 bridgehead atoms. The number of ether oxygens (including phenoxy) is 1. The second-order valence-corrected chi connectivity index (χ2v) is 6.51. The molecule has 1 N–H and O–H groups in total. The van der Waals surface area contributed by atoms with E-state index in [0.29, 0.717) is 6.42 Å². The molecule has 2 fully saturated rings. The van der Waals surface area contributed by atoms with Gasteiger partial charge in [-0.1, -0.05) is 0 Å². The second-order valence-electron chi connectivity index (χ2n) is 5.03. The first-order valence-electron chi connectivity index (χ1n) is 5.67. The maximum atomic E-state index is 12.0. The summed E-state index contributed by atoms with van der Waals surface area (Å²) in [6.45, 7) is 4.55. The lowest BCUT2D eigenvalue weighted by atomic mass is 10.1. The van der Waals surface area contributed by atoms with Gasteiger partial charge < -0.3 is 10.1 Å². The topological polar surface area (TPSA) is 38.3 Å². The Morgan fingerprint density at radius 2 is 2.19 bits per heavy atom. The molecule has 0 spiro atoms. The highest BCUT2D eigenvalue weighted by atomic mass is 35.5. The standard InChI is InChI=1S/C11H17Cl2NO2/c1-7(8-4-3-5-16-8)14-9(15)10(2)6-11(10,12)13/h7-8H,3-6H2,1-2H3,(H,14,15)/t7-,8-,10-/m0/s1. The van der Waals surface area contributed by atoms with E-state index in [9.17, 15) is 4.79 Å². The fourth-order valence-electron chi connectivity index (χ4n) is 2.10. The van der Waals surface area contributed by atoms with Gasteiger partial charge >= 0.3 is 0 Å². The molecular formula is C11H17Cl2NO2. The van der Waals surface area contributed by atoms with Crippen LogP contribution in [-0.4, -0.2) is 29.0 Å². The first kappa shape index (κ1) is 12.5. The Morgan fingerprint density at radius 1 is 1.56 bits per heavy atom. The molecule has 0 unspecified atom stereocenters. The first-order chi connectivity index (χ1) is 7.37. The number of hydrogen-bond acceptors (Lipinski definition) is 2. The number of rotatable bonds is 3. The third kappa shape index (κ3) is 2.05. The van der Waals surface area contributed by atoms with Crippen molar-refractivity contribution in [3.8, 4) is 0 Å². The van der Waals surface area contributed by atoms with Crippen LogP contribution >= 0.6 is 23.2 Å². The molecule has 2 aliphatic rings. The van der Waals surface area contributed by atoms with Crippen LogP contribution in [0.25, 0.3) is 0 Å². The van der Waals surface area contributed by atoms with Crippen LogP contribution in [0.5, 0.6) is 0 Å². The summed E-state index contributed by atoms with van der Waals surface area (Å²) in [7, 11) is 0. The Balaban J connectivity index is 1.88. The molecule has 0 radical (unpaired) electrons. The van der Waals surface area contributed by atoms with Crippen molar-refractivity contribution < 1.29 is 9.53 Å². The lowest BCUT2D eigenvalue weighted by molar-refractivity contribution is -0.127. The molecule has 0 aromatic carbocycles. The third-order valence-electron chi connectivity index (χ3n) is 3.64. The van der Waals surface area contributed by atoms with Gasteiger partial charge in [-0.15, -0.1) is 23.2 Å². The SMILES string of the molecule is C[C@H](NC(=O)[C@]1(C)CC1(Cl)Cl)[C@@H]1CCCO1. The van der Waals surface area contributed by atoms with Crippen molar-refractivity contribution in [1.29, 1.82) is 0 Å². The monoisotopic (exact) mass is 265 g/mol. The molecule has 1 amide bonds. The lowest BCUT2D eigenvalue weighted by Crippen LogP contribution is -2.44. The maximum absolute atomic E-state index is 12.0. The van der Waals surface area contributed by atoms with E-state index >= 15 is 0 Å². The Morgan fingerprint density at radius 3 is 2.62 bits per heavy atom. The van der Waals surface area contributed by atoms with Gasteiger partial charge in [0.25, 0.3) is 0 Å². The molecule has 0 aromatic rings. The minimum atomic E-state index is -0.895. The van der Waals surface area contributed by atoms with Crippen molar-refractivity contribution in [2.45, 2.75) is 49.6 Å². The van der Waals surface area contributed by atoms with E-state index in [4.69, 9.17) is 27.9 Å². The molecule has 16 heavy (non-hydrogen) atoms. The lowest BCUT2D eigenvalue weighted by Gasteiger charge is -2.22. The Labute approximate surface area is 106 Å².